The molecule has 9 heteroatoms. The highest BCUT2D eigenvalue weighted by molar-refractivity contribution is 5.62. The fourth-order valence-electron chi connectivity index (χ4n) is 5.55. The van der Waals surface area contributed by atoms with Gasteiger partial charge in [0, 0.05) is 40.3 Å². The molecule has 0 radical (unpaired) electrons. The van der Waals surface area contributed by atoms with Crippen molar-refractivity contribution < 1.29 is 45.2 Å². The lowest BCUT2D eigenvalue weighted by molar-refractivity contribution is 0.163. The number of hydrogen-bond donors (Lipinski definition) is 7. The summed E-state index contributed by atoms with van der Waals surface area (Å²) in [6.07, 6.45) is -0.0821. The molecule has 0 saturated carbocycles. The molecule has 6 rings (SSSR count). The standard InChI is InChI=1S/C30H26O9/c31-15-3-1-14(2-4-15)24-12-20(17-6-5-16(32)11-25(17)39-24)27-22(34)13-26-19(28(27)35)8-10-23(38-26)18-7-9-21(33)30(37)29(18)36/h1-7,9,11,13,20,23-24,31-37H,8,10,12H2/t20-,23+,24-/m0/s1. The number of ether oxygens (including phenoxy) is 2. The summed E-state index contributed by atoms with van der Waals surface area (Å²) in [5.74, 6) is -1.60. The molecule has 7 N–H and O–H groups in total. The third-order valence-electron chi connectivity index (χ3n) is 7.52. The van der Waals surface area contributed by atoms with E-state index in [0.29, 0.717) is 41.7 Å². The molecule has 0 aliphatic carbocycles. The van der Waals surface area contributed by atoms with Crippen molar-refractivity contribution in [2.24, 2.45) is 0 Å². The van der Waals surface area contributed by atoms with Crippen LogP contribution in [0, 0.1) is 0 Å². The van der Waals surface area contributed by atoms with Crippen molar-refractivity contribution in [3.8, 4) is 51.7 Å². The number of benzene rings is 4. The third-order valence-corrected chi connectivity index (χ3v) is 7.52. The maximum Gasteiger partial charge on any atom is 0.200 e. The number of phenolic OH excluding ortho intramolecular Hbond substituents is 7. The highest BCUT2D eigenvalue weighted by Crippen LogP contribution is 2.54. The van der Waals surface area contributed by atoms with Gasteiger partial charge in [-0.05, 0) is 55.2 Å². The van der Waals surface area contributed by atoms with Gasteiger partial charge < -0.3 is 45.2 Å². The fourth-order valence-corrected chi connectivity index (χ4v) is 5.55. The first-order valence-electron chi connectivity index (χ1n) is 12.5. The number of fused-ring (bicyclic) bond motifs is 2. The van der Waals surface area contributed by atoms with E-state index in [0.717, 1.165) is 5.56 Å². The Morgan fingerprint density at radius 2 is 1.28 bits per heavy atom. The van der Waals surface area contributed by atoms with Gasteiger partial charge >= 0.3 is 0 Å². The lowest BCUT2D eigenvalue weighted by atomic mass is 9.80. The second kappa shape index (κ2) is 9.13. The van der Waals surface area contributed by atoms with E-state index in [1.165, 1.54) is 30.3 Å². The maximum atomic E-state index is 11.4. The Labute approximate surface area is 223 Å². The Hall–Kier alpha value is -4.92. The Bertz CT molecular complexity index is 1580. The molecule has 2 aliphatic rings. The highest BCUT2D eigenvalue weighted by Gasteiger charge is 2.37. The lowest BCUT2D eigenvalue weighted by Crippen LogP contribution is -2.21. The third kappa shape index (κ3) is 4.12. The summed E-state index contributed by atoms with van der Waals surface area (Å²) in [5, 5.41) is 72.3. The first kappa shape index (κ1) is 24.4. The molecule has 39 heavy (non-hydrogen) atoms. The van der Waals surface area contributed by atoms with Gasteiger partial charge in [-0.15, -0.1) is 0 Å². The van der Waals surface area contributed by atoms with E-state index in [1.807, 2.05) is 0 Å². The van der Waals surface area contributed by atoms with Crippen LogP contribution in [0.15, 0.2) is 60.7 Å². The summed E-state index contributed by atoms with van der Waals surface area (Å²) < 4.78 is 12.2. The number of aromatic hydroxyl groups is 7. The highest BCUT2D eigenvalue weighted by atomic mass is 16.5. The van der Waals surface area contributed by atoms with Crippen LogP contribution < -0.4 is 9.47 Å². The van der Waals surface area contributed by atoms with Gasteiger partial charge in [0.1, 0.15) is 46.7 Å². The van der Waals surface area contributed by atoms with E-state index < -0.39 is 35.4 Å². The van der Waals surface area contributed by atoms with Gasteiger partial charge in [-0.1, -0.05) is 18.2 Å². The first-order chi connectivity index (χ1) is 18.7. The van der Waals surface area contributed by atoms with Crippen molar-refractivity contribution in [2.45, 2.75) is 37.4 Å². The van der Waals surface area contributed by atoms with Gasteiger partial charge in [0.2, 0.25) is 5.75 Å². The quantitative estimate of drug-likeness (QED) is 0.173. The van der Waals surface area contributed by atoms with E-state index >= 15 is 0 Å². The minimum atomic E-state index is -0.681. The van der Waals surface area contributed by atoms with Gasteiger partial charge in [-0.3, -0.25) is 0 Å². The van der Waals surface area contributed by atoms with Crippen LogP contribution in [-0.4, -0.2) is 35.7 Å². The molecule has 9 nitrogen and oxygen atoms in total. The van der Waals surface area contributed by atoms with E-state index in [1.54, 1.807) is 30.3 Å². The molecule has 200 valence electrons. The largest absolute Gasteiger partial charge is 0.508 e. The average Bonchev–Trinajstić information content (AvgIpc) is 2.91. The Kier molecular flexibility index (Phi) is 5.71. The molecule has 3 atom stereocenters. The van der Waals surface area contributed by atoms with Crippen molar-refractivity contribution in [3.05, 3.63) is 88.5 Å². The average molecular weight is 531 g/mol. The minimum Gasteiger partial charge on any atom is -0.508 e. The first-order valence-corrected chi connectivity index (χ1v) is 12.5. The maximum absolute atomic E-state index is 11.4. The normalized spacial score (nSPS) is 19.8. The molecule has 0 amide bonds. The monoisotopic (exact) mass is 530 g/mol. The fraction of sp³-hybridized carbons (Fsp3) is 0.200. The van der Waals surface area contributed by atoms with Gasteiger partial charge in [0.25, 0.3) is 0 Å². The molecule has 2 aliphatic heterocycles. The molecule has 0 spiro atoms. The van der Waals surface area contributed by atoms with Crippen molar-refractivity contribution in [1.29, 1.82) is 0 Å². The zero-order chi connectivity index (χ0) is 27.4. The van der Waals surface area contributed by atoms with Crippen LogP contribution in [-0.2, 0) is 6.42 Å². The summed E-state index contributed by atoms with van der Waals surface area (Å²) in [4.78, 5) is 0. The predicted molar refractivity (Wildman–Crippen MR) is 139 cm³/mol. The number of phenols is 7. The van der Waals surface area contributed by atoms with Crippen LogP contribution in [0.2, 0.25) is 0 Å². The van der Waals surface area contributed by atoms with E-state index in [2.05, 4.69) is 0 Å². The number of rotatable bonds is 3. The Balaban J connectivity index is 1.39. The summed E-state index contributed by atoms with van der Waals surface area (Å²) in [5.41, 5.74) is 2.54. The molecule has 0 aromatic heterocycles. The molecule has 0 fully saturated rings. The molecule has 4 aromatic rings. The second-order valence-corrected chi connectivity index (χ2v) is 9.86. The van der Waals surface area contributed by atoms with Crippen molar-refractivity contribution in [2.75, 3.05) is 0 Å². The minimum absolute atomic E-state index is 0.0145. The summed E-state index contributed by atoms with van der Waals surface area (Å²) >= 11 is 0. The van der Waals surface area contributed by atoms with Crippen LogP contribution >= 0.6 is 0 Å². The summed E-state index contributed by atoms with van der Waals surface area (Å²) in [7, 11) is 0. The van der Waals surface area contributed by atoms with Crippen LogP contribution in [0.4, 0.5) is 0 Å². The Morgan fingerprint density at radius 3 is 2.05 bits per heavy atom. The van der Waals surface area contributed by atoms with Crippen LogP contribution in [0.25, 0.3) is 0 Å². The van der Waals surface area contributed by atoms with E-state index in [9.17, 15) is 35.7 Å². The molecule has 0 unspecified atom stereocenters. The SMILES string of the molecule is Oc1ccc([C@@H]2C[C@H](c3c(O)cc4c(c3O)CC[C@H](c3ccc(O)c(O)c3O)O4)c3ccc(O)cc3O2)cc1. The lowest BCUT2D eigenvalue weighted by Gasteiger charge is -2.35. The topological polar surface area (TPSA) is 160 Å². The van der Waals surface area contributed by atoms with Gasteiger partial charge in [0.15, 0.2) is 11.5 Å². The van der Waals surface area contributed by atoms with Crippen molar-refractivity contribution in [3.63, 3.8) is 0 Å². The molecule has 0 saturated heterocycles. The van der Waals surface area contributed by atoms with Gasteiger partial charge in [-0.25, -0.2) is 0 Å². The van der Waals surface area contributed by atoms with Crippen molar-refractivity contribution in [1.82, 2.24) is 0 Å². The molecule has 4 aromatic carbocycles. The predicted octanol–water partition coefficient (Wildman–Crippen LogP) is 5.35. The number of hydrogen-bond acceptors (Lipinski definition) is 9. The summed E-state index contributed by atoms with van der Waals surface area (Å²) in [6, 6.07) is 15.4. The van der Waals surface area contributed by atoms with Gasteiger partial charge in [0.05, 0.1) is 0 Å². The Morgan fingerprint density at radius 1 is 0.590 bits per heavy atom. The van der Waals surface area contributed by atoms with E-state index in [4.69, 9.17) is 9.47 Å². The van der Waals surface area contributed by atoms with Gasteiger partial charge in [-0.2, -0.15) is 0 Å². The smallest absolute Gasteiger partial charge is 0.200 e. The zero-order valence-electron chi connectivity index (χ0n) is 20.6. The van der Waals surface area contributed by atoms with Crippen molar-refractivity contribution >= 4 is 0 Å². The molecular formula is C30H26O9. The van der Waals surface area contributed by atoms with E-state index in [-0.39, 0.29) is 34.3 Å². The van der Waals surface area contributed by atoms with Crippen LogP contribution in [0.5, 0.6) is 51.7 Å². The molecule has 2 heterocycles. The summed E-state index contributed by atoms with van der Waals surface area (Å²) in [6.45, 7) is 0. The molecular weight excluding hydrogens is 504 g/mol. The van der Waals surface area contributed by atoms with Crippen LogP contribution in [0.3, 0.4) is 0 Å². The molecule has 0 bridgehead atoms. The zero-order valence-corrected chi connectivity index (χ0v) is 20.6. The van der Waals surface area contributed by atoms with Crippen LogP contribution in [0.1, 0.15) is 58.8 Å². The second-order valence-electron chi connectivity index (χ2n) is 9.86.